The first kappa shape index (κ1) is 13.3. The number of aromatic nitrogens is 2. The topological polar surface area (TPSA) is 73.1 Å². The highest BCUT2D eigenvalue weighted by Gasteiger charge is 2.26. The standard InChI is InChI=1S/C13H17N5O/c1-10(2)8-17-5-6-18(9-12(17)19)13-11(7-14)15-3-4-16-13/h3-4,10H,5-6,8-9H2,1-2H3. The Morgan fingerprint density at radius 3 is 2.74 bits per heavy atom. The Morgan fingerprint density at radius 2 is 2.11 bits per heavy atom. The molecule has 6 nitrogen and oxygen atoms in total. The maximum Gasteiger partial charge on any atom is 0.242 e. The second-order valence-electron chi connectivity index (χ2n) is 5.00. The largest absolute Gasteiger partial charge is 0.343 e. The Labute approximate surface area is 112 Å². The average molecular weight is 259 g/mol. The van der Waals surface area contributed by atoms with Crippen molar-refractivity contribution in [3.8, 4) is 6.07 Å². The third-order valence-electron chi connectivity index (χ3n) is 2.99. The van der Waals surface area contributed by atoms with Crippen LogP contribution in [-0.4, -0.2) is 47.0 Å². The smallest absolute Gasteiger partial charge is 0.242 e. The van der Waals surface area contributed by atoms with Crippen molar-refractivity contribution in [2.45, 2.75) is 13.8 Å². The summed E-state index contributed by atoms with van der Waals surface area (Å²) < 4.78 is 0. The maximum absolute atomic E-state index is 12.1. The normalized spacial score (nSPS) is 15.8. The summed E-state index contributed by atoms with van der Waals surface area (Å²) in [5.41, 5.74) is 0.271. The van der Waals surface area contributed by atoms with E-state index in [1.807, 2.05) is 15.9 Å². The third-order valence-corrected chi connectivity index (χ3v) is 2.99. The zero-order chi connectivity index (χ0) is 13.8. The van der Waals surface area contributed by atoms with Crippen LogP contribution in [0.2, 0.25) is 0 Å². The molecule has 0 aliphatic carbocycles. The second kappa shape index (κ2) is 5.65. The van der Waals surface area contributed by atoms with Gasteiger partial charge in [0, 0.05) is 32.0 Å². The predicted octanol–water partition coefficient (Wildman–Crippen LogP) is 0.653. The quantitative estimate of drug-likeness (QED) is 0.797. The molecule has 1 saturated heterocycles. The summed E-state index contributed by atoms with van der Waals surface area (Å²) in [6.45, 7) is 6.58. The van der Waals surface area contributed by atoms with Crippen LogP contribution in [0, 0.1) is 17.2 Å². The van der Waals surface area contributed by atoms with Crippen LogP contribution in [0.4, 0.5) is 5.82 Å². The molecule has 0 spiro atoms. The number of hydrogen-bond donors (Lipinski definition) is 0. The lowest BCUT2D eigenvalue weighted by atomic mass is 10.2. The number of rotatable bonds is 3. The number of nitriles is 1. The Hall–Kier alpha value is -2.16. The van der Waals surface area contributed by atoms with Crippen LogP contribution in [0.25, 0.3) is 0 Å². The highest BCUT2D eigenvalue weighted by molar-refractivity contribution is 5.82. The summed E-state index contributed by atoms with van der Waals surface area (Å²) in [6, 6.07) is 2.01. The van der Waals surface area contributed by atoms with Crippen LogP contribution in [0.15, 0.2) is 12.4 Å². The number of carbonyl (C=O) groups excluding carboxylic acids is 1. The summed E-state index contributed by atoms with van der Waals surface area (Å²) in [6.07, 6.45) is 3.03. The summed E-state index contributed by atoms with van der Waals surface area (Å²) in [7, 11) is 0. The molecule has 2 rings (SSSR count). The second-order valence-corrected chi connectivity index (χ2v) is 5.00. The average Bonchev–Trinajstić information content (AvgIpc) is 2.40. The Balaban J connectivity index is 2.10. The van der Waals surface area contributed by atoms with Crippen LogP contribution >= 0.6 is 0 Å². The zero-order valence-corrected chi connectivity index (χ0v) is 11.2. The van der Waals surface area contributed by atoms with Gasteiger partial charge in [-0.05, 0) is 5.92 Å². The highest BCUT2D eigenvalue weighted by Crippen LogP contribution is 2.17. The molecule has 100 valence electrons. The van der Waals surface area contributed by atoms with Crippen LogP contribution in [-0.2, 0) is 4.79 Å². The van der Waals surface area contributed by atoms with Gasteiger partial charge in [-0.25, -0.2) is 9.97 Å². The lowest BCUT2D eigenvalue weighted by Gasteiger charge is -2.35. The lowest BCUT2D eigenvalue weighted by Crippen LogP contribution is -2.51. The maximum atomic E-state index is 12.1. The van der Waals surface area contributed by atoms with Crippen molar-refractivity contribution in [2.24, 2.45) is 5.92 Å². The van der Waals surface area contributed by atoms with E-state index in [9.17, 15) is 4.79 Å². The molecule has 1 aliphatic rings. The van der Waals surface area contributed by atoms with Gasteiger partial charge in [-0.15, -0.1) is 0 Å². The fraction of sp³-hybridized carbons (Fsp3) is 0.538. The van der Waals surface area contributed by atoms with Crippen molar-refractivity contribution in [3.05, 3.63) is 18.1 Å². The molecule has 6 heteroatoms. The number of hydrogen-bond acceptors (Lipinski definition) is 5. The molecular formula is C13H17N5O. The number of amides is 1. The minimum absolute atomic E-state index is 0.0782. The van der Waals surface area contributed by atoms with Crippen molar-refractivity contribution >= 4 is 11.7 Å². The van der Waals surface area contributed by atoms with Crippen molar-refractivity contribution < 1.29 is 4.79 Å². The summed E-state index contributed by atoms with van der Waals surface area (Å²) in [4.78, 5) is 23.9. The Bertz CT molecular complexity index is 508. The van der Waals surface area contributed by atoms with E-state index in [0.717, 1.165) is 6.54 Å². The molecule has 0 radical (unpaired) electrons. The number of piperazine rings is 1. The van der Waals surface area contributed by atoms with E-state index in [0.29, 0.717) is 24.8 Å². The summed E-state index contributed by atoms with van der Waals surface area (Å²) in [5, 5.41) is 9.01. The van der Waals surface area contributed by atoms with Crippen molar-refractivity contribution in [3.63, 3.8) is 0 Å². The fourth-order valence-electron chi connectivity index (χ4n) is 2.16. The summed E-state index contributed by atoms with van der Waals surface area (Å²) in [5.74, 6) is 1.04. The van der Waals surface area contributed by atoms with E-state index in [2.05, 4.69) is 23.8 Å². The zero-order valence-electron chi connectivity index (χ0n) is 11.2. The monoisotopic (exact) mass is 259 g/mol. The molecule has 0 bridgehead atoms. The SMILES string of the molecule is CC(C)CN1CCN(c2nccnc2C#N)CC1=O. The van der Waals surface area contributed by atoms with Crippen LogP contribution in [0.1, 0.15) is 19.5 Å². The van der Waals surface area contributed by atoms with Gasteiger partial charge >= 0.3 is 0 Å². The van der Waals surface area contributed by atoms with Crippen LogP contribution < -0.4 is 4.90 Å². The van der Waals surface area contributed by atoms with E-state index < -0.39 is 0 Å². The third kappa shape index (κ3) is 2.99. The number of anilines is 1. The molecule has 0 unspecified atom stereocenters. The van der Waals surface area contributed by atoms with Crippen LogP contribution in [0.5, 0.6) is 0 Å². The van der Waals surface area contributed by atoms with Gasteiger partial charge in [0.05, 0.1) is 6.54 Å². The van der Waals surface area contributed by atoms with Gasteiger partial charge < -0.3 is 9.80 Å². The van der Waals surface area contributed by atoms with Crippen LogP contribution in [0.3, 0.4) is 0 Å². The fourth-order valence-corrected chi connectivity index (χ4v) is 2.16. The molecule has 1 aromatic rings. The molecule has 0 saturated carbocycles. The van der Waals surface area contributed by atoms with E-state index >= 15 is 0 Å². The van der Waals surface area contributed by atoms with Gasteiger partial charge in [0.2, 0.25) is 5.91 Å². The Morgan fingerprint density at radius 1 is 1.37 bits per heavy atom. The molecule has 0 N–H and O–H groups in total. The number of carbonyl (C=O) groups is 1. The Kier molecular flexibility index (Phi) is 3.95. The molecule has 1 aromatic heterocycles. The molecule has 2 heterocycles. The van der Waals surface area contributed by atoms with E-state index in [1.54, 1.807) is 6.20 Å². The van der Waals surface area contributed by atoms with Gasteiger partial charge in [0.25, 0.3) is 0 Å². The molecule has 0 atom stereocenters. The molecule has 19 heavy (non-hydrogen) atoms. The van der Waals surface area contributed by atoms with Crippen molar-refractivity contribution in [1.29, 1.82) is 5.26 Å². The minimum Gasteiger partial charge on any atom is -0.343 e. The van der Waals surface area contributed by atoms with Gasteiger partial charge in [0.1, 0.15) is 6.07 Å². The summed E-state index contributed by atoms with van der Waals surface area (Å²) >= 11 is 0. The van der Waals surface area contributed by atoms with Gasteiger partial charge in [-0.3, -0.25) is 4.79 Å². The van der Waals surface area contributed by atoms with E-state index in [4.69, 9.17) is 5.26 Å². The molecule has 1 fully saturated rings. The van der Waals surface area contributed by atoms with Crippen molar-refractivity contribution in [2.75, 3.05) is 31.1 Å². The van der Waals surface area contributed by atoms with Crippen molar-refractivity contribution in [1.82, 2.24) is 14.9 Å². The first-order chi connectivity index (χ1) is 9.11. The molecule has 0 aromatic carbocycles. The molecular weight excluding hydrogens is 242 g/mol. The first-order valence-electron chi connectivity index (χ1n) is 6.35. The van der Waals surface area contributed by atoms with Gasteiger partial charge in [-0.2, -0.15) is 5.26 Å². The lowest BCUT2D eigenvalue weighted by molar-refractivity contribution is -0.131. The van der Waals surface area contributed by atoms with E-state index in [-0.39, 0.29) is 18.1 Å². The predicted molar refractivity (Wildman–Crippen MR) is 70.4 cm³/mol. The van der Waals surface area contributed by atoms with Gasteiger partial charge in [0.15, 0.2) is 11.5 Å². The highest BCUT2D eigenvalue weighted by atomic mass is 16.2. The van der Waals surface area contributed by atoms with E-state index in [1.165, 1.54) is 6.20 Å². The first-order valence-corrected chi connectivity index (χ1v) is 6.35. The van der Waals surface area contributed by atoms with Gasteiger partial charge in [-0.1, -0.05) is 13.8 Å². The molecule has 1 amide bonds. The molecule has 1 aliphatic heterocycles. The number of nitrogens with zero attached hydrogens (tertiary/aromatic N) is 5. The minimum atomic E-state index is 0.0782.